The summed E-state index contributed by atoms with van der Waals surface area (Å²) in [7, 11) is 0. The second-order valence-corrected chi connectivity index (χ2v) is 4.52. The van der Waals surface area contributed by atoms with Crippen LogP contribution in [-0.2, 0) is 0 Å². The van der Waals surface area contributed by atoms with E-state index in [0.29, 0.717) is 5.92 Å². The molecule has 17 heavy (non-hydrogen) atoms. The van der Waals surface area contributed by atoms with Crippen molar-refractivity contribution in [3.05, 3.63) is 17.7 Å². The first-order valence-corrected chi connectivity index (χ1v) is 6.48. The van der Waals surface area contributed by atoms with E-state index in [1.54, 1.807) is 0 Å². The van der Waals surface area contributed by atoms with Crippen LogP contribution in [0.1, 0.15) is 45.6 Å². The predicted molar refractivity (Wildman–Crippen MR) is 77.5 cm³/mol. The molecule has 4 N–H and O–H groups in total. The molecule has 0 aliphatic carbocycles. The molecule has 1 atom stereocenters. The van der Waals surface area contributed by atoms with Crippen LogP contribution in [-0.4, -0.2) is 13.1 Å². The maximum atomic E-state index is 6.28. The van der Waals surface area contributed by atoms with Crippen molar-refractivity contribution in [2.75, 3.05) is 29.5 Å². The van der Waals surface area contributed by atoms with Gasteiger partial charge in [-0.25, -0.2) is 0 Å². The smallest absolute Gasteiger partial charge is 0.0623 e. The van der Waals surface area contributed by atoms with Gasteiger partial charge in [0.2, 0.25) is 0 Å². The van der Waals surface area contributed by atoms with E-state index in [2.05, 4.69) is 32.6 Å². The molecule has 1 aromatic rings. The van der Waals surface area contributed by atoms with Crippen molar-refractivity contribution < 1.29 is 0 Å². The van der Waals surface area contributed by atoms with E-state index in [4.69, 9.17) is 11.5 Å². The van der Waals surface area contributed by atoms with E-state index in [1.165, 1.54) is 5.56 Å². The normalized spacial score (nSPS) is 12.5. The second-order valence-electron chi connectivity index (χ2n) is 4.52. The van der Waals surface area contributed by atoms with Gasteiger partial charge in [-0.1, -0.05) is 13.8 Å². The van der Waals surface area contributed by atoms with Gasteiger partial charge in [0.1, 0.15) is 0 Å². The Kier molecular flexibility index (Phi) is 4.67. The maximum absolute atomic E-state index is 6.28. The Balaban J connectivity index is 3.27. The zero-order chi connectivity index (χ0) is 13.0. The monoisotopic (exact) mass is 235 g/mol. The highest BCUT2D eigenvalue weighted by Gasteiger charge is 2.14. The van der Waals surface area contributed by atoms with Gasteiger partial charge < -0.3 is 16.4 Å². The van der Waals surface area contributed by atoms with E-state index < -0.39 is 0 Å². The number of rotatable bonds is 5. The van der Waals surface area contributed by atoms with E-state index in [9.17, 15) is 0 Å². The first kappa shape index (κ1) is 13.7. The lowest BCUT2D eigenvalue weighted by molar-refractivity contribution is 0.735. The van der Waals surface area contributed by atoms with Crippen LogP contribution >= 0.6 is 0 Å². The van der Waals surface area contributed by atoms with Crippen molar-refractivity contribution in [1.29, 1.82) is 0 Å². The second kappa shape index (κ2) is 5.80. The Labute approximate surface area is 105 Å². The first-order chi connectivity index (χ1) is 8.04. The number of nitrogens with two attached hydrogens (primary N) is 2. The summed E-state index contributed by atoms with van der Waals surface area (Å²) >= 11 is 0. The van der Waals surface area contributed by atoms with Gasteiger partial charge in [0, 0.05) is 18.8 Å². The lowest BCUT2D eigenvalue weighted by atomic mass is 9.95. The summed E-state index contributed by atoms with van der Waals surface area (Å²) in [4.78, 5) is 2.25. The highest BCUT2D eigenvalue weighted by Crippen LogP contribution is 2.35. The van der Waals surface area contributed by atoms with Gasteiger partial charge in [-0.15, -0.1) is 0 Å². The molecule has 3 nitrogen and oxygen atoms in total. The molecule has 1 unspecified atom stereocenters. The Morgan fingerprint density at radius 3 is 2.18 bits per heavy atom. The third kappa shape index (κ3) is 2.84. The zero-order valence-electron chi connectivity index (χ0n) is 11.5. The maximum Gasteiger partial charge on any atom is 0.0623 e. The molecule has 0 fully saturated rings. The summed E-state index contributed by atoms with van der Waals surface area (Å²) in [5, 5.41) is 0. The lowest BCUT2D eigenvalue weighted by Gasteiger charge is -2.26. The summed E-state index contributed by atoms with van der Waals surface area (Å²) < 4.78 is 0. The van der Waals surface area contributed by atoms with Crippen molar-refractivity contribution in [1.82, 2.24) is 0 Å². The molecule has 0 aliphatic rings. The van der Waals surface area contributed by atoms with Gasteiger partial charge in [-0.3, -0.25) is 0 Å². The van der Waals surface area contributed by atoms with Crippen molar-refractivity contribution in [3.8, 4) is 0 Å². The topological polar surface area (TPSA) is 55.3 Å². The Bertz CT molecular complexity index is 370. The van der Waals surface area contributed by atoms with Gasteiger partial charge in [0.25, 0.3) is 0 Å². The summed E-state index contributed by atoms with van der Waals surface area (Å²) in [5.41, 5.74) is 16.2. The standard InChI is InChI=1S/C14H25N3/c1-5-10(4)12-8-11(15)9-13(14(12)16)17(6-2)7-3/h8-10H,5-7,15-16H2,1-4H3. The summed E-state index contributed by atoms with van der Waals surface area (Å²) in [6.07, 6.45) is 1.07. The summed E-state index contributed by atoms with van der Waals surface area (Å²) in [6.45, 7) is 10.5. The van der Waals surface area contributed by atoms with E-state index in [1.807, 2.05) is 12.1 Å². The van der Waals surface area contributed by atoms with Crippen LogP contribution in [0.25, 0.3) is 0 Å². The number of nitrogen functional groups attached to an aromatic ring is 2. The molecule has 0 spiro atoms. The summed E-state index contributed by atoms with van der Waals surface area (Å²) in [6, 6.07) is 3.99. The number of anilines is 3. The van der Waals surface area contributed by atoms with Crippen LogP contribution in [0.2, 0.25) is 0 Å². The molecule has 0 bridgehead atoms. The molecule has 0 saturated heterocycles. The minimum Gasteiger partial charge on any atom is -0.399 e. The van der Waals surface area contributed by atoms with E-state index in [0.717, 1.165) is 36.6 Å². The molecule has 96 valence electrons. The molecule has 0 saturated carbocycles. The molecule has 1 rings (SSSR count). The largest absolute Gasteiger partial charge is 0.399 e. The summed E-state index contributed by atoms with van der Waals surface area (Å²) in [5.74, 6) is 0.452. The average molecular weight is 235 g/mol. The molecule has 3 heteroatoms. The average Bonchev–Trinajstić information content (AvgIpc) is 2.33. The van der Waals surface area contributed by atoms with Crippen LogP contribution in [0.3, 0.4) is 0 Å². The van der Waals surface area contributed by atoms with Crippen LogP contribution in [0.5, 0.6) is 0 Å². The van der Waals surface area contributed by atoms with E-state index in [-0.39, 0.29) is 0 Å². The molecule has 0 heterocycles. The molecule has 0 aromatic heterocycles. The number of nitrogens with zero attached hydrogens (tertiary/aromatic N) is 1. The van der Waals surface area contributed by atoms with Gasteiger partial charge in [-0.2, -0.15) is 0 Å². The zero-order valence-corrected chi connectivity index (χ0v) is 11.5. The minimum absolute atomic E-state index is 0.452. The van der Waals surface area contributed by atoms with Crippen molar-refractivity contribution in [2.45, 2.75) is 40.0 Å². The van der Waals surface area contributed by atoms with Gasteiger partial charge in [0.05, 0.1) is 11.4 Å². The molecule has 0 amide bonds. The van der Waals surface area contributed by atoms with E-state index >= 15 is 0 Å². The number of hydrogen-bond donors (Lipinski definition) is 2. The third-order valence-corrected chi connectivity index (χ3v) is 3.46. The van der Waals surface area contributed by atoms with Crippen LogP contribution in [0, 0.1) is 0 Å². The fraction of sp³-hybridized carbons (Fsp3) is 0.571. The van der Waals surface area contributed by atoms with Gasteiger partial charge in [0.15, 0.2) is 0 Å². The number of benzene rings is 1. The third-order valence-electron chi connectivity index (χ3n) is 3.46. The van der Waals surface area contributed by atoms with Crippen molar-refractivity contribution >= 4 is 17.1 Å². The fourth-order valence-electron chi connectivity index (χ4n) is 2.14. The van der Waals surface area contributed by atoms with Gasteiger partial charge >= 0.3 is 0 Å². The van der Waals surface area contributed by atoms with Crippen LogP contribution in [0.15, 0.2) is 12.1 Å². The molecular formula is C14H25N3. The van der Waals surface area contributed by atoms with Crippen LogP contribution < -0.4 is 16.4 Å². The molecule has 0 radical (unpaired) electrons. The number of hydrogen-bond acceptors (Lipinski definition) is 3. The fourth-order valence-corrected chi connectivity index (χ4v) is 2.14. The molecule has 1 aromatic carbocycles. The SMILES string of the molecule is CCC(C)c1cc(N)cc(N(CC)CC)c1N. The highest BCUT2D eigenvalue weighted by molar-refractivity contribution is 5.76. The Morgan fingerprint density at radius 2 is 1.71 bits per heavy atom. The Morgan fingerprint density at radius 1 is 1.12 bits per heavy atom. The molecular weight excluding hydrogens is 210 g/mol. The Hall–Kier alpha value is -1.38. The predicted octanol–water partition coefficient (Wildman–Crippen LogP) is 3.21. The quantitative estimate of drug-likeness (QED) is 0.770. The first-order valence-electron chi connectivity index (χ1n) is 6.48. The van der Waals surface area contributed by atoms with Crippen molar-refractivity contribution in [2.24, 2.45) is 0 Å². The minimum atomic E-state index is 0.452. The van der Waals surface area contributed by atoms with Gasteiger partial charge in [-0.05, 0) is 43.9 Å². The van der Waals surface area contributed by atoms with Crippen molar-refractivity contribution in [3.63, 3.8) is 0 Å². The molecule has 0 aliphatic heterocycles. The highest BCUT2D eigenvalue weighted by atomic mass is 15.1. The van der Waals surface area contributed by atoms with Crippen LogP contribution in [0.4, 0.5) is 17.1 Å². The lowest BCUT2D eigenvalue weighted by Crippen LogP contribution is -2.23.